The molecule has 1 aromatic carbocycles. The molecule has 2 aliphatic rings. The molecule has 2 aliphatic carbocycles. The Balaban J connectivity index is 1.72. The maximum absolute atomic E-state index is 14.0. The molecule has 1 aromatic heterocycles. The monoisotopic (exact) mass is 766 g/mol. The first-order valence-electron chi connectivity index (χ1n) is 17.6. The summed E-state index contributed by atoms with van der Waals surface area (Å²) < 4.78 is 104. The number of nitrogens with one attached hydrogen (secondary N) is 2. The molecule has 290 valence electrons. The van der Waals surface area contributed by atoms with Crippen LogP contribution in [0.1, 0.15) is 97.1 Å². The molecule has 0 radical (unpaired) electrons. The molecule has 2 saturated carbocycles. The van der Waals surface area contributed by atoms with E-state index in [0.29, 0.717) is 23.2 Å². The van der Waals surface area contributed by atoms with E-state index in [0.717, 1.165) is 32.7 Å². The van der Waals surface area contributed by atoms with Crippen molar-refractivity contribution in [1.82, 2.24) is 19.6 Å². The van der Waals surface area contributed by atoms with E-state index >= 15 is 0 Å². The van der Waals surface area contributed by atoms with Crippen LogP contribution in [-0.2, 0) is 37.1 Å². The van der Waals surface area contributed by atoms with Crippen LogP contribution in [0.3, 0.4) is 0 Å². The number of benzene rings is 1. The molecule has 1 amide bonds. The first-order chi connectivity index (χ1) is 23.3. The molecular weight excluding hydrogens is 712 g/mol. The maximum atomic E-state index is 14.0. The van der Waals surface area contributed by atoms with E-state index in [1.54, 1.807) is 37.5 Å². The van der Waals surface area contributed by atoms with Crippen molar-refractivity contribution in [3.8, 4) is 0 Å². The Bertz CT molecular complexity index is 1480. The Labute approximate surface area is 302 Å². The third-order valence-corrected chi connectivity index (χ3v) is 12.4. The van der Waals surface area contributed by atoms with Crippen molar-refractivity contribution < 1.29 is 45.5 Å². The fourth-order valence-corrected chi connectivity index (χ4v) is 7.31. The van der Waals surface area contributed by atoms with Crippen LogP contribution in [0.2, 0.25) is 25.7 Å². The summed E-state index contributed by atoms with van der Waals surface area (Å²) in [6, 6.07) is 4.62. The molecular formula is C35H55F5N4O5SSi. The van der Waals surface area contributed by atoms with Crippen LogP contribution in [0.5, 0.6) is 0 Å². The lowest BCUT2D eigenvalue weighted by Gasteiger charge is -2.36. The van der Waals surface area contributed by atoms with E-state index in [9.17, 15) is 31.3 Å². The van der Waals surface area contributed by atoms with Gasteiger partial charge in [-0.1, -0.05) is 25.7 Å². The second-order valence-corrected chi connectivity index (χ2v) is 24.4. The van der Waals surface area contributed by atoms with Gasteiger partial charge in [-0.05, 0) is 84.0 Å². The van der Waals surface area contributed by atoms with Crippen molar-refractivity contribution in [1.29, 1.82) is 0 Å². The Morgan fingerprint density at radius 1 is 1.14 bits per heavy atom. The van der Waals surface area contributed by atoms with Crippen molar-refractivity contribution in [2.45, 2.75) is 153 Å². The molecule has 4 rings (SSSR count). The minimum absolute atomic E-state index is 0.0181. The van der Waals surface area contributed by atoms with Gasteiger partial charge in [-0.25, -0.2) is 13.8 Å². The van der Waals surface area contributed by atoms with Gasteiger partial charge in [0.1, 0.15) is 23.3 Å². The molecule has 2 fully saturated rings. The molecule has 0 bridgehead atoms. The number of imidazole rings is 1. The summed E-state index contributed by atoms with van der Waals surface area (Å²) in [6.07, 6.45) is -4.55. The number of halogens is 5. The van der Waals surface area contributed by atoms with Crippen LogP contribution in [0.25, 0.3) is 11.0 Å². The van der Waals surface area contributed by atoms with Gasteiger partial charge in [0.05, 0.1) is 35.9 Å². The lowest BCUT2D eigenvalue weighted by molar-refractivity contribution is -0.277. The van der Waals surface area contributed by atoms with Gasteiger partial charge in [0.2, 0.25) is 11.8 Å². The second-order valence-electron chi connectivity index (χ2n) is 16.8. The highest BCUT2D eigenvalue weighted by Gasteiger charge is 2.51. The van der Waals surface area contributed by atoms with E-state index in [1.165, 1.54) is 6.92 Å². The van der Waals surface area contributed by atoms with Gasteiger partial charge in [0.15, 0.2) is 5.60 Å². The van der Waals surface area contributed by atoms with Crippen molar-refractivity contribution in [2.75, 3.05) is 13.2 Å². The first-order valence-corrected chi connectivity index (χ1v) is 22.5. The van der Waals surface area contributed by atoms with E-state index in [4.69, 9.17) is 19.2 Å². The molecule has 1 unspecified atom stereocenters. The fourth-order valence-electron chi connectivity index (χ4n) is 5.67. The highest BCUT2D eigenvalue weighted by molar-refractivity contribution is 7.90. The Morgan fingerprint density at radius 2 is 1.78 bits per heavy atom. The van der Waals surface area contributed by atoms with E-state index in [2.05, 4.69) is 29.7 Å². The average molecular weight is 767 g/mol. The largest absolute Gasteiger partial charge is 0.598 e. The molecule has 0 aliphatic heterocycles. The van der Waals surface area contributed by atoms with Crippen LogP contribution in [0.4, 0.5) is 22.0 Å². The summed E-state index contributed by atoms with van der Waals surface area (Å²) in [5.41, 5.74) is -0.773. The number of nitrogens with zero attached hydrogens (tertiary/aromatic N) is 2. The van der Waals surface area contributed by atoms with Crippen LogP contribution in [-0.4, -0.2) is 76.0 Å². The molecule has 1 heterocycles. The van der Waals surface area contributed by atoms with Crippen LogP contribution in [0, 0.1) is 5.92 Å². The van der Waals surface area contributed by atoms with Crippen molar-refractivity contribution in [3.63, 3.8) is 0 Å². The quantitative estimate of drug-likeness (QED) is 0.0686. The van der Waals surface area contributed by atoms with Crippen LogP contribution in [0.15, 0.2) is 18.2 Å². The number of carbonyl (C=O) groups is 1. The molecule has 2 N–H and O–H groups in total. The molecule has 2 aromatic rings. The zero-order chi connectivity index (χ0) is 38.2. The molecule has 0 saturated heterocycles. The van der Waals surface area contributed by atoms with Gasteiger partial charge in [0, 0.05) is 45.3 Å². The summed E-state index contributed by atoms with van der Waals surface area (Å²) in [5.74, 6) is -3.19. The smallest absolute Gasteiger partial charge is 0.416 e. The summed E-state index contributed by atoms with van der Waals surface area (Å²) in [5, 5.41) is 2.97. The van der Waals surface area contributed by atoms with Crippen molar-refractivity contribution >= 4 is 36.4 Å². The summed E-state index contributed by atoms with van der Waals surface area (Å²) in [7, 11) is -1.45. The zero-order valence-electron chi connectivity index (χ0n) is 31.2. The molecule has 0 spiro atoms. The molecule has 16 heteroatoms. The van der Waals surface area contributed by atoms with Gasteiger partial charge in [-0.15, -0.1) is 4.72 Å². The highest BCUT2D eigenvalue weighted by atomic mass is 32.2. The maximum Gasteiger partial charge on any atom is 0.416 e. The minimum Gasteiger partial charge on any atom is -0.598 e. The minimum atomic E-state index is -4.68. The predicted molar refractivity (Wildman–Crippen MR) is 190 cm³/mol. The number of hydrogen-bond donors (Lipinski definition) is 2. The molecule has 4 atom stereocenters. The lowest BCUT2D eigenvalue weighted by atomic mass is 9.79. The van der Waals surface area contributed by atoms with Gasteiger partial charge in [-0.2, -0.15) is 13.2 Å². The first kappa shape index (κ1) is 41.9. The number of rotatable bonds is 18. The lowest BCUT2D eigenvalue weighted by Crippen LogP contribution is -2.50. The number of carbonyl (C=O) groups excluding carboxylic acids is 1. The number of alkyl halides is 5. The Morgan fingerprint density at radius 3 is 2.33 bits per heavy atom. The van der Waals surface area contributed by atoms with Gasteiger partial charge >= 0.3 is 6.18 Å². The molecule has 51 heavy (non-hydrogen) atoms. The zero-order valence-corrected chi connectivity index (χ0v) is 33.0. The Hall–Kier alpha value is -1.82. The third kappa shape index (κ3) is 11.8. The summed E-state index contributed by atoms with van der Waals surface area (Å²) in [4.78, 5) is 17.9. The summed E-state index contributed by atoms with van der Waals surface area (Å²) >= 11 is -1.72. The third-order valence-electron chi connectivity index (χ3n) is 9.13. The number of aromatic nitrogens is 2. The van der Waals surface area contributed by atoms with E-state index < -0.39 is 60.1 Å². The standard InChI is InChI=1S/C35H55F5N4O5SSi/c1-22(49-33(5,6)35(38,39)40)30(43-50(46)32(2,3)4)31-42-26-17-24(10-13-28(26)44(31)21-47-14-15-51(7,8)9)27(20-48-25-11-12-25)41-29(45)16-23-18-34(36,37)19-23/h10,13,17,22-23,25,27,30,43H,11-12,14-16,18-21H2,1-9H3,(H,41,45)/t22-,27-,30+,50?/m1/s1. The summed E-state index contributed by atoms with van der Waals surface area (Å²) in [6.45, 7) is 16.0. The van der Waals surface area contributed by atoms with Crippen molar-refractivity contribution in [3.05, 3.63) is 29.6 Å². The number of amides is 1. The number of ether oxygens (including phenoxy) is 3. The Kier molecular flexibility index (Phi) is 13.1. The number of hydrogen-bond acceptors (Lipinski definition) is 7. The average Bonchev–Trinajstić information content (AvgIpc) is 3.72. The highest BCUT2D eigenvalue weighted by Crippen LogP contribution is 2.44. The fraction of sp³-hybridized carbons (Fsp3) is 0.771. The van der Waals surface area contributed by atoms with Crippen LogP contribution < -0.4 is 10.0 Å². The molecule has 9 nitrogen and oxygen atoms in total. The van der Waals surface area contributed by atoms with E-state index in [1.807, 2.05) is 6.07 Å². The van der Waals surface area contributed by atoms with Crippen molar-refractivity contribution in [2.24, 2.45) is 5.92 Å². The van der Waals surface area contributed by atoms with Gasteiger partial charge in [-0.3, -0.25) is 4.79 Å². The predicted octanol–water partition coefficient (Wildman–Crippen LogP) is 7.96. The normalized spacial score (nSPS) is 19.8. The van der Waals surface area contributed by atoms with E-state index in [-0.39, 0.29) is 56.4 Å². The second kappa shape index (κ2) is 15.9. The van der Waals surface area contributed by atoms with Gasteiger partial charge in [0.25, 0.3) is 0 Å². The SMILES string of the molecule is C[C@@H](OC(C)(C)C(F)(F)F)[C@H](N[S+]([O-])C(C)(C)C)c1nc2cc([C@@H](COC3CC3)NC(=O)CC3CC(F)(F)C3)ccc2n1COCC[Si](C)(C)C. The number of fused-ring (bicyclic) bond motifs is 1. The van der Waals surface area contributed by atoms with Crippen LogP contribution >= 0.6 is 0 Å². The topological polar surface area (TPSA) is 110 Å². The van der Waals surface area contributed by atoms with Gasteiger partial charge < -0.3 is 28.6 Å².